The van der Waals surface area contributed by atoms with Gasteiger partial charge in [0.1, 0.15) is 10.0 Å². The molecule has 1 aromatic heterocycles. The second kappa shape index (κ2) is 5.30. The SMILES string of the molecule is Cc1ccc(NS(=O)(=O)c2cc([N+](=O)[O-])c(N)s2)c(F)c1. The summed E-state index contributed by atoms with van der Waals surface area (Å²) in [5, 5.41) is 10.4. The van der Waals surface area contributed by atoms with E-state index in [0.717, 1.165) is 6.07 Å². The summed E-state index contributed by atoms with van der Waals surface area (Å²) in [5.41, 5.74) is 5.29. The summed E-state index contributed by atoms with van der Waals surface area (Å²) < 4.78 is 39.5. The van der Waals surface area contributed by atoms with Gasteiger partial charge in [0.2, 0.25) is 0 Å². The van der Waals surface area contributed by atoms with Crippen LogP contribution in [-0.4, -0.2) is 13.3 Å². The van der Waals surface area contributed by atoms with Crippen molar-refractivity contribution in [2.75, 3.05) is 10.5 Å². The molecular formula is C11H10FN3O4S2. The number of thiophene rings is 1. The van der Waals surface area contributed by atoms with E-state index in [2.05, 4.69) is 0 Å². The third kappa shape index (κ3) is 3.11. The first-order valence-electron chi connectivity index (χ1n) is 5.53. The van der Waals surface area contributed by atoms with Gasteiger partial charge in [-0.15, -0.1) is 0 Å². The molecule has 112 valence electrons. The molecular weight excluding hydrogens is 321 g/mol. The van der Waals surface area contributed by atoms with E-state index < -0.39 is 26.5 Å². The van der Waals surface area contributed by atoms with Crippen LogP contribution in [0, 0.1) is 22.9 Å². The second-order valence-corrected chi connectivity index (χ2v) is 7.15. The molecule has 0 bridgehead atoms. The Bertz CT molecular complexity index is 817. The summed E-state index contributed by atoms with van der Waals surface area (Å²) in [6.45, 7) is 1.66. The van der Waals surface area contributed by atoms with E-state index in [1.807, 2.05) is 4.72 Å². The molecule has 2 aromatic rings. The molecule has 10 heteroatoms. The van der Waals surface area contributed by atoms with E-state index in [9.17, 15) is 22.9 Å². The van der Waals surface area contributed by atoms with Crippen LogP contribution in [0.3, 0.4) is 0 Å². The summed E-state index contributed by atoms with van der Waals surface area (Å²) >= 11 is 0.541. The van der Waals surface area contributed by atoms with Crippen LogP contribution in [0.5, 0.6) is 0 Å². The number of nitrogens with zero attached hydrogens (tertiary/aromatic N) is 1. The van der Waals surface area contributed by atoms with Crippen molar-refractivity contribution in [3.05, 3.63) is 45.8 Å². The molecule has 21 heavy (non-hydrogen) atoms. The van der Waals surface area contributed by atoms with E-state index in [1.54, 1.807) is 6.92 Å². The highest BCUT2D eigenvalue weighted by Gasteiger charge is 2.25. The Balaban J connectivity index is 2.38. The van der Waals surface area contributed by atoms with Crippen LogP contribution in [-0.2, 0) is 10.0 Å². The first-order chi connectivity index (χ1) is 9.70. The number of hydrogen-bond donors (Lipinski definition) is 2. The van der Waals surface area contributed by atoms with Crippen LogP contribution in [0.4, 0.5) is 20.8 Å². The molecule has 1 aromatic carbocycles. The average Bonchev–Trinajstić information content (AvgIpc) is 2.76. The number of nitro groups is 1. The lowest BCUT2D eigenvalue weighted by Crippen LogP contribution is -2.12. The summed E-state index contributed by atoms with van der Waals surface area (Å²) in [7, 11) is -4.14. The van der Waals surface area contributed by atoms with Crippen molar-refractivity contribution in [3.8, 4) is 0 Å². The molecule has 0 saturated carbocycles. The standard InChI is InChI=1S/C11H10FN3O4S2/c1-6-2-3-8(7(12)4-6)14-21(18,19)10-5-9(15(16)17)11(13)20-10/h2-5,14H,13H2,1H3. The normalized spacial score (nSPS) is 11.3. The molecule has 0 aliphatic carbocycles. The number of sulfonamides is 1. The van der Waals surface area contributed by atoms with Crippen LogP contribution in [0.1, 0.15) is 5.56 Å². The van der Waals surface area contributed by atoms with E-state index >= 15 is 0 Å². The molecule has 0 aliphatic rings. The van der Waals surface area contributed by atoms with Crippen molar-refractivity contribution in [3.63, 3.8) is 0 Å². The summed E-state index contributed by atoms with van der Waals surface area (Å²) in [4.78, 5) is 9.89. The third-order valence-electron chi connectivity index (χ3n) is 2.55. The maximum atomic E-state index is 13.7. The summed E-state index contributed by atoms with van der Waals surface area (Å²) in [6, 6.07) is 4.82. The van der Waals surface area contributed by atoms with Crippen molar-refractivity contribution in [1.82, 2.24) is 0 Å². The molecule has 0 atom stereocenters. The van der Waals surface area contributed by atoms with Gasteiger partial charge in [0, 0.05) is 6.07 Å². The second-order valence-electron chi connectivity index (χ2n) is 4.16. The molecule has 0 spiro atoms. The van der Waals surface area contributed by atoms with Crippen LogP contribution in [0.2, 0.25) is 0 Å². The zero-order chi connectivity index (χ0) is 15.8. The zero-order valence-corrected chi connectivity index (χ0v) is 12.3. The minimum Gasteiger partial charge on any atom is -0.385 e. The Morgan fingerprint density at radius 3 is 2.57 bits per heavy atom. The number of nitrogens with one attached hydrogen (secondary N) is 1. The highest BCUT2D eigenvalue weighted by Crippen LogP contribution is 2.35. The van der Waals surface area contributed by atoms with Crippen LogP contribution in [0.15, 0.2) is 28.5 Å². The fraction of sp³-hybridized carbons (Fsp3) is 0.0909. The Hall–Kier alpha value is -2.20. The lowest BCUT2D eigenvalue weighted by Gasteiger charge is -2.07. The van der Waals surface area contributed by atoms with Gasteiger partial charge >= 0.3 is 5.69 Å². The van der Waals surface area contributed by atoms with Crippen LogP contribution >= 0.6 is 11.3 Å². The maximum absolute atomic E-state index is 13.7. The number of aryl methyl sites for hydroxylation is 1. The van der Waals surface area contributed by atoms with Crippen molar-refractivity contribution >= 4 is 37.7 Å². The molecule has 0 radical (unpaired) electrons. The lowest BCUT2D eigenvalue weighted by molar-refractivity contribution is -0.383. The molecule has 0 amide bonds. The summed E-state index contributed by atoms with van der Waals surface area (Å²) in [6.07, 6.45) is 0. The number of hydrogen-bond acceptors (Lipinski definition) is 6. The molecule has 2 rings (SSSR count). The van der Waals surface area contributed by atoms with Gasteiger partial charge in [-0.3, -0.25) is 14.8 Å². The van der Waals surface area contributed by atoms with Gasteiger partial charge in [-0.25, -0.2) is 12.8 Å². The van der Waals surface area contributed by atoms with Crippen molar-refractivity contribution in [1.29, 1.82) is 0 Å². The number of rotatable bonds is 4. The monoisotopic (exact) mass is 331 g/mol. The maximum Gasteiger partial charge on any atom is 0.304 e. The Morgan fingerprint density at radius 2 is 2.05 bits per heavy atom. The zero-order valence-electron chi connectivity index (χ0n) is 10.7. The highest BCUT2D eigenvalue weighted by molar-refractivity contribution is 7.94. The quantitative estimate of drug-likeness (QED) is 0.659. The number of nitrogen functional groups attached to an aromatic ring is 1. The molecule has 3 N–H and O–H groups in total. The topological polar surface area (TPSA) is 115 Å². The smallest absolute Gasteiger partial charge is 0.304 e. The molecule has 0 aliphatic heterocycles. The van der Waals surface area contributed by atoms with Crippen LogP contribution < -0.4 is 10.5 Å². The number of anilines is 2. The predicted molar refractivity (Wildman–Crippen MR) is 77.3 cm³/mol. The van der Waals surface area contributed by atoms with Gasteiger partial charge in [0.25, 0.3) is 10.0 Å². The highest BCUT2D eigenvalue weighted by atomic mass is 32.2. The van der Waals surface area contributed by atoms with Gasteiger partial charge in [-0.05, 0) is 24.6 Å². The first-order valence-corrected chi connectivity index (χ1v) is 7.83. The Kier molecular flexibility index (Phi) is 3.83. The van der Waals surface area contributed by atoms with Gasteiger partial charge in [-0.2, -0.15) is 0 Å². The molecule has 0 unspecified atom stereocenters. The van der Waals surface area contributed by atoms with E-state index in [0.29, 0.717) is 16.9 Å². The Morgan fingerprint density at radius 1 is 1.38 bits per heavy atom. The first kappa shape index (κ1) is 15.2. The van der Waals surface area contributed by atoms with E-state index in [-0.39, 0.29) is 14.9 Å². The molecule has 7 nitrogen and oxygen atoms in total. The molecule has 0 saturated heterocycles. The lowest BCUT2D eigenvalue weighted by atomic mass is 10.2. The Labute approximate surface area is 123 Å². The van der Waals surface area contributed by atoms with E-state index in [1.165, 1.54) is 18.2 Å². The average molecular weight is 331 g/mol. The third-order valence-corrected chi connectivity index (χ3v) is 5.34. The van der Waals surface area contributed by atoms with Gasteiger partial charge in [-0.1, -0.05) is 17.4 Å². The van der Waals surface area contributed by atoms with E-state index in [4.69, 9.17) is 5.73 Å². The van der Waals surface area contributed by atoms with Crippen molar-refractivity contribution in [2.24, 2.45) is 0 Å². The fourth-order valence-corrected chi connectivity index (χ4v) is 3.83. The van der Waals surface area contributed by atoms with Gasteiger partial charge < -0.3 is 5.73 Å². The van der Waals surface area contributed by atoms with Crippen LogP contribution in [0.25, 0.3) is 0 Å². The predicted octanol–water partition coefficient (Wildman–Crippen LogP) is 2.49. The molecule has 1 heterocycles. The summed E-state index contributed by atoms with van der Waals surface area (Å²) in [5.74, 6) is -0.738. The molecule has 0 fully saturated rings. The van der Waals surface area contributed by atoms with Gasteiger partial charge in [0.15, 0.2) is 5.00 Å². The van der Waals surface area contributed by atoms with Crippen molar-refractivity contribution < 1.29 is 17.7 Å². The fourth-order valence-electron chi connectivity index (χ4n) is 1.55. The minimum atomic E-state index is -4.14. The van der Waals surface area contributed by atoms with Crippen molar-refractivity contribution in [2.45, 2.75) is 11.1 Å². The number of nitrogens with two attached hydrogens (primary N) is 1. The number of halogens is 1. The minimum absolute atomic E-state index is 0.232. The largest absolute Gasteiger partial charge is 0.385 e. The van der Waals surface area contributed by atoms with Gasteiger partial charge in [0.05, 0.1) is 10.6 Å². The number of benzene rings is 1.